The number of carbonyl (C=O) groups is 2. The molecule has 1 aliphatic rings. The number of hydrogen-bond donors (Lipinski definition) is 3. The van der Waals surface area contributed by atoms with Gasteiger partial charge in [-0.1, -0.05) is 29.8 Å². The minimum atomic E-state index is -0.845. The zero-order chi connectivity index (χ0) is 27.5. The van der Waals surface area contributed by atoms with E-state index < -0.39 is 17.4 Å². The molecule has 1 saturated heterocycles. The lowest BCUT2D eigenvalue weighted by atomic mass is 10.0. The smallest absolute Gasteiger partial charge is 0.270 e. The molecule has 3 N–H and O–H groups in total. The first-order chi connectivity index (χ1) is 18.8. The molecule has 2 aromatic carbocycles. The predicted octanol–water partition coefficient (Wildman–Crippen LogP) is 4.26. The number of halogens is 1. The van der Waals surface area contributed by atoms with E-state index in [2.05, 4.69) is 25.6 Å². The van der Waals surface area contributed by atoms with Gasteiger partial charge in [-0.25, -0.2) is 4.98 Å². The lowest BCUT2D eigenvalue weighted by molar-refractivity contribution is -0.135. The van der Waals surface area contributed by atoms with Crippen LogP contribution in [0.4, 0.5) is 17.3 Å². The van der Waals surface area contributed by atoms with Crippen molar-refractivity contribution in [2.75, 3.05) is 17.7 Å². The number of benzene rings is 2. The van der Waals surface area contributed by atoms with Crippen LogP contribution < -0.4 is 16.2 Å². The maximum absolute atomic E-state index is 13.0. The summed E-state index contributed by atoms with van der Waals surface area (Å²) in [6, 6.07) is 20.5. The van der Waals surface area contributed by atoms with Gasteiger partial charge in [-0.05, 0) is 55.0 Å². The number of amides is 2. The zero-order valence-electron chi connectivity index (χ0n) is 20.7. The van der Waals surface area contributed by atoms with E-state index in [9.17, 15) is 19.6 Å². The average Bonchev–Trinajstić information content (AvgIpc) is 3.24. The molecule has 5 rings (SSSR count). The quantitative estimate of drug-likeness (QED) is 0.310. The van der Waals surface area contributed by atoms with E-state index in [1.54, 1.807) is 72.7 Å². The fourth-order valence-electron chi connectivity index (χ4n) is 4.45. The van der Waals surface area contributed by atoms with Crippen LogP contribution in [0, 0.1) is 17.2 Å². The highest BCUT2D eigenvalue weighted by atomic mass is 35.5. The van der Waals surface area contributed by atoms with E-state index in [4.69, 9.17) is 11.6 Å². The first-order valence-corrected chi connectivity index (χ1v) is 12.4. The van der Waals surface area contributed by atoms with E-state index in [0.717, 1.165) is 5.69 Å². The van der Waals surface area contributed by atoms with E-state index in [1.807, 2.05) is 18.2 Å². The summed E-state index contributed by atoms with van der Waals surface area (Å²) < 4.78 is 0. The number of rotatable bonds is 6. The lowest BCUT2D eigenvalue weighted by Crippen LogP contribution is -2.31. The van der Waals surface area contributed by atoms with E-state index in [-0.39, 0.29) is 29.2 Å². The largest absolute Gasteiger partial charge is 0.336 e. The van der Waals surface area contributed by atoms with Crippen LogP contribution in [0.5, 0.6) is 0 Å². The molecule has 2 aromatic heterocycles. The van der Waals surface area contributed by atoms with Crippen molar-refractivity contribution in [3.8, 4) is 17.3 Å². The second kappa shape index (κ2) is 10.8. The lowest BCUT2D eigenvalue weighted by Gasteiger charge is -2.18. The Labute approximate surface area is 228 Å². The minimum absolute atomic E-state index is 0.145. The van der Waals surface area contributed by atoms with Crippen molar-refractivity contribution in [2.45, 2.75) is 12.5 Å². The SMILES string of the molecule is CN1C(=O)[C@H](C(=O)Nc2ccc(-c3nc(Nc4ccc(Cl)cc4)[nH]c(=O)c3C#N)cc2)C[C@H]1c1ccccn1. The van der Waals surface area contributed by atoms with Gasteiger partial charge in [0.1, 0.15) is 17.6 Å². The van der Waals surface area contributed by atoms with Gasteiger partial charge in [0.25, 0.3) is 5.56 Å². The molecule has 194 valence electrons. The summed E-state index contributed by atoms with van der Waals surface area (Å²) in [5, 5.41) is 15.9. The molecule has 2 atom stereocenters. The topological polar surface area (TPSA) is 144 Å². The van der Waals surface area contributed by atoms with Crippen molar-refractivity contribution >= 4 is 40.7 Å². The Kier molecular flexibility index (Phi) is 7.08. The monoisotopic (exact) mass is 539 g/mol. The Morgan fingerprint density at radius 2 is 1.79 bits per heavy atom. The summed E-state index contributed by atoms with van der Waals surface area (Å²) in [5.41, 5.74) is 1.79. The Bertz CT molecular complexity index is 1630. The molecule has 3 heterocycles. The highest BCUT2D eigenvalue weighted by molar-refractivity contribution is 6.30. The summed E-state index contributed by atoms with van der Waals surface area (Å²) in [6.07, 6.45) is 1.98. The van der Waals surface area contributed by atoms with Crippen molar-refractivity contribution in [3.05, 3.63) is 99.6 Å². The highest BCUT2D eigenvalue weighted by Gasteiger charge is 2.42. The van der Waals surface area contributed by atoms with E-state index in [1.165, 1.54) is 0 Å². The minimum Gasteiger partial charge on any atom is -0.336 e. The molecular formula is C28H22ClN7O3. The van der Waals surface area contributed by atoms with Gasteiger partial charge in [-0.15, -0.1) is 0 Å². The van der Waals surface area contributed by atoms with Crippen LogP contribution in [0.15, 0.2) is 77.7 Å². The van der Waals surface area contributed by atoms with Crippen LogP contribution in [0.25, 0.3) is 11.3 Å². The first-order valence-electron chi connectivity index (χ1n) is 12.0. The third-order valence-electron chi connectivity index (χ3n) is 6.48. The van der Waals surface area contributed by atoms with Gasteiger partial charge in [-0.3, -0.25) is 24.4 Å². The third-order valence-corrected chi connectivity index (χ3v) is 6.73. The molecule has 4 aromatic rings. The first kappa shape index (κ1) is 25.6. The molecule has 0 unspecified atom stereocenters. The Morgan fingerprint density at radius 3 is 2.46 bits per heavy atom. The van der Waals surface area contributed by atoms with Crippen LogP contribution in [0.2, 0.25) is 5.02 Å². The molecule has 0 bridgehead atoms. The van der Waals surface area contributed by atoms with Crippen LogP contribution in [-0.2, 0) is 9.59 Å². The van der Waals surface area contributed by atoms with Gasteiger partial charge < -0.3 is 15.5 Å². The zero-order valence-corrected chi connectivity index (χ0v) is 21.4. The number of anilines is 3. The number of nitrogens with one attached hydrogen (secondary N) is 3. The third kappa shape index (κ3) is 5.35. The van der Waals surface area contributed by atoms with Gasteiger partial charge >= 0.3 is 0 Å². The predicted molar refractivity (Wildman–Crippen MR) is 146 cm³/mol. The van der Waals surface area contributed by atoms with Crippen molar-refractivity contribution in [2.24, 2.45) is 5.92 Å². The molecule has 39 heavy (non-hydrogen) atoms. The molecule has 1 aliphatic heterocycles. The summed E-state index contributed by atoms with van der Waals surface area (Å²) in [5.74, 6) is -1.38. The Morgan fingerprint density at radius 1 is 1.08 bits per heavy atom. The summed E-state index contributed by atoms with van der Waals surface area (Å²) in [4.78, 5) is 51.2. The van der Waals surface area contributed by atoms with E-state index >= 15 is 0 Å². The fourth-order valence-corrected chi connectivity index (χ4v) is 4.57. The van der Waals surface area contributed by atoms with Crippen LogP contribution in [0.3, 0.4) is 0 Å². The summed E-state index contributed by atoms with van der Waals surface area (Å²) in [6.45, 7) is 0. The molecule has 0 aliphatic carbocycles. The van der Waals surface area contributed by atoms with Crippen LogP contribution >= 0.6 is 11.6 Å². The summed E-state index contributed by atoms with van der Waals surface area (Å²) in [7, 11) is 1.67. The number of likely N-dealkylation sites (tertiary alicyclic amines) is 1. The highest BCUT2D eigenvalue weighted by Crippen LogP contribution is 2.35. The molecular weight excluding hydrogens is 518 g/mol. The summed E-state index contributed by atoms with van der Waals surface area (Å²) >= 11 is 5.93. The number of aromatic amines is 1. The molecule has 2 amide bonds. The molecule has 0 saturated carbocycles. The number of nitrogens with zero attached hydrogens (tertiary/aromatic N) is 4. The fraction of sp³-hybridized carbons (Fsp3) is 0.143. The second-order valence-electron chi connectivity index (χ2n) is 8.96. The number of carbonyl (C=O) groups excluding carboxylic acids is 2. The Balaban J connectivity index is 1.34. The number of hydrogen-bond acceptors (Lipinski definition) is 7. The van der Waals surface area contributed by atoms with Crippen LogP contribution in [0.1, 0.15) is 23.7 Å². The molecule has 0 spiro atoms. The standard InChI is InChI=1S/C28H22ClN7O3/c1-36-23(22-4-2-3-13-31-22)14-20(27(36)39)25(37)32-18-9-5-16(6-10-18)24-21(15-30)26(38)35-28(34-24)33-19-11-7-17(29)8-12-19/h2-13,20,23H,14H2,1H3,(H,32,37)(H2,33,34,35,38)/t20-,23-/m0/s1. The Hall–Kier alpha value is -5.01. The van der Waals surface area contributed by atoms with Crippen molar-refractivity contribution < 1.29 is 9.59 Å². The molecule has 10 nitrogen and oxygen atoms in total. The van der Waals surface area contributed by atoms with Crippen LogP contribution in [-0.4, -0.2) is 38.7 Å². The van der Waals surface area contributed by atoms with Gasteiger partial charge in [0.05, 0.1) is 17.4 Å². The van der Waals surface area contributed by atoms with Crippen molar-refractivity contribution in [1.82, 2.24) is 19.9 Å². The maximum atomic E-state index is 13.0. The van der Waals surface area contributed by atoms with Crippen molar-refractivity contribution in [3.63, 3.8) is 0 Å². The van der Waals surface area contributed by atoms with Crippen molar-refractivity contribution in [1.29, 1.82) is 5.26 Å². The molecule has 0 radical (unpaired) electrons. The molecule has 1 fully saturated rings. The van der Waals surface area contributed by atoms with Gasteiger partial charge in [-0.2, -0.15) is 5.26 Å². The van der Waals surface area contributed by atoms with Gasteiger partial charge in [0, 0.05) is 35.2 Å². The average molecular weight is 540 g/mol. The number of nitriles is 1. The van der Waals surface area contributed by atoms with Gasteiger partial charge in [0.2, 0.25) is 17.8 Å². The number of H-pyrrole nitrogens is 1. The number of aromatic nitrogens is 3. The van der Waals surface area contributed by atoms with Gasteiger partial charge in [0.15, 0.2) is 0 Å². The maximum Gasteiger partial charge on any atom is 0.270 e. The molecule has 11 heteroatoms. The normalized spacial score (nSPS) is 16.5. The van der Waals surface area contributed by atoms with E-state index in [0.29, 0.717) is 28.4 Å². The second-order valence-corrected chi connectivity index (χ2v) is 9.39. The number of pyridine rings is 1.